The molecule has 1 rings (SSSR count). The number of hydrogen-bond acceptors (Lipinski definition) is 4. The SMILES string of the molecule is NC(N)=NNc1ccc([N+](=O)[O-])cc1.[Cl-]. The van der Waals surface area contributed by atoms with Crippen molar-refractivity contribution in [3.63, 3.8) is 0 Å². The smallest absolute Gasteiger partial charge is 0.269 e. The van der Waals surface area contributed by atoms with Crippen molar-refractivity contribution in [2.45, 2.75) is 0 Å². The zero-order chi connectivity index (χ0) is 10.6. The summed E-state index contributed by atoms with van der Waals surface area (Å²) in [5.74, 6) is -0.108. The second-order valence-corrected chi connectivity index (χ2v) is 2.45. The number of non-ortho nitro benzene ring substituents is 1. The zero-order valence-corrected chi connectivity index (χ0v) is 8.31. The van der Waals surface area contributed by atoms with Crippen LogP contribution in [0.25, 0.3) is 0 Å². The van der Waals surface area contributed by atoms with Gasteiger partial charge in [0, 0.05) is 12.1 Å². The van der Waals surface area contributed by atoms with E-state index in [2.05, 4.69) is 10.5 Å². The van der Waals surface area contributed by atoms with Gasteiger partial charge in [-0.3, -0.25) is 15.5 Å². The molecule has 0 aliphatic heterocycles. The van der Waals surface area contributed by atoms with E-state index in [0.717, 1.165) is 0 Å². The summed E-state index contributed by atoms with van der Waals surface area (Å²) in [4.78, 5) is 9.81. The highest BCUT2D eigenvalue weighted by Gasteiger charge is 2.02. The van der Waals surface area contributed by atoms with Crippen molar-refractivity contribution >= 4 is 17.3 Å². The highest BCUT2D eigenvalue weighted by Crippen LogP contribution is 2.14. The Morgan fingerprint density at radius 2 is 1.87 bits per heavy atom. The van der Waals surface area contributed by atoms with Crippen LogP contribution in [0, 0.1) is 10.1 Å². The van der Waals surface area contributed by atoms with E-state index in [-0.39, 0.29) is 24.1 Å². The van der Waals surface area contributed by atoms with Crippen molar-refractivity contribution < 1.29 is 17.3 Å². The number of nitrogens with zero attached hydrogens (tertiary/aromatic N) is 2. The van der Waals surface area contributed by atoms with Crippen LogP contribution >= 0.6 is 0 Å². The molecule has 0 saturated heterocycles. The first-order valence-electron chi connectivity index (χ1n) is 3.68. The second kappa shape index (κ2) is 5.66. The molecule has 0 aliphatic rings. The number of hydrazone groups is 1. The molecule has 0 unspecified atom stereocenters. The lowest BCUT2D eigenvalue weighted by Crippen LogP contribution is -3.00. The summed E-state index contributed by atoms with van der Waals surface area (Å²) in [6.45, 7) is 0. The molecule has 0 heterocycles. The summed E-state index contributed by atoms with van der Waals surface area (Å²) in [5, 5.41) is 13.8. The lowest BCUT2D eigenvalue weighted by molar-refractivity contribution is -0.384. The lowest BCUT2D eigenvalue weighted by Gasteiger charge is -1.99. The Morgan fingerprint density at radius 3 is 2.27 bits per heavy atom. The number of nitro benzene ring substituents is 1. The molecule has 0 saturated carbocycles. The summed E-state index contributed by atoms with van der Waals surface area (Å²) in [6, 6.07) is 5.71. The summed E-state index contributed by atoms with van der Waals surface area (Å²) >= 11 is 0. The van der Waals surface area contributed by atoms with Crippen LogP contribution in [0.2, 0.25) is 0 Å². The lowest BCUT2D eigenvalue weighted by atomic mass is 10.3. The molecule has 0 fully saturated rings. The van der Waals surface area contributed by atoms with E-state index in [1.807, 2.05) is 0 Å². The minimum Gasteiger partial charge on any atom is -1.00 e. The van der Waals surface area contributed by atoms with Crippen molar-refractivity contribution in [2.24, 2.45) is 16.6 Å². The van der Waals surface area contributed by atoms with Crippen LogP contribution in [-0.2, 0) is 0 Å². The van der Waals surface area contributed by atoms with Crippen LogP contribution in [0.15, 0.2) is 29.4 Å². The van der Waals surface area contributed by atoms with E-state index in [0.29, 0.717) is 5.69 Å². The third-order valence-electron chi connectivity index (χ3n) is 1.39. The first kappa shape index (κ1) is 13.0. The molecule has 8 heteroatoms. The Bertz CT molecular complexity index is 360. The molecule has 0 radical (unpaired) electrons. The quantitative estimate of drug-likeness (QED) is 0.224. The Kier molecular flexibility index (Phi) is 4.89. The molecule has 0 atom stereocenters. The van der Waals surface area contributed by atoms with Gasteiger partial charge in [0.05, 0.1) is 10.6 Å². The molecule has 0 spiro atoms. The standard InChI is InChI=1S/C7H9N5O2.ClH/c8-7(9)11-10-5-1-3-6(4-2-5)12(13)14;/h1-4,10H,(H4,8,9,11);1H/p-1. The van der Waals surface area contributed by atoms with Gasteiger partial charge in [-0.1, -0.05) is 0 Å². The van der Waals surface area contributed by atoms with Gasteiger partial charge in [0.15, 0.2) is 0 Å². The maximum atomic E-state index is 10.3. The fraction of sp³-hybridized carbons (Fsp3) is 0. The summed E-state index contributed by atoms with van der Waals surface area (Å²) in [7, 11) is 0. The summed E-state index contributed by atoms with van der Waals surface area (Å²) in [5.41, 5.74) is 13.3. The average Bonchev–Trinajstić information content (AvgIpc) is 2.15. The Morgan fingerprint density at radius 1 is 1.33 bits per heavy atom. The van der Waals surface area contributed by atoms with Crippen LogP contribution < -0.4 is 29.3 Å². The van der Waals surface area contributed by atoms with Crippen molar-refractivity contribution in [3.05, 3.63) is 34.4 Å². The van der Waals surface area contributed by atoms with Crippen molar-refractivity contribution in [2.75, 3.05) is 5.43 Å². The summed E-state index contributed by atoms with van der Waals surface area (Å²) < 4.78 is 0. The minimum atomic E-state index is -0.482. The zero-order valence-electron chi connectivity index (χ0n) is 7.55. The molecule has 15 heavy (non-hydrogen) atoms. The molecule has 0 aromatic heterocycles. The van der Waals surface area contributed by atoms with Crippen LogP contribution in [0.1, 0.15) is 0 Å². The third kappa shape index (κ3) is 4.14. The Balaban J connectivity index is 0.00000196. The van der Waals surface area contributed by atoms with E-state index < -0.39 is 4.92 Å². The van der Waals surface area contributed by atoms with Gasteiger partial charge < -0.3 is 23.9 Å². The number of anilines is 1. The molecule has 7 nitrogen and oxygen atoms in total. The fourth-order valence-corrected chi connectivity index (χ4v) is 0.787. The molecular formula is C7H9ClN5O2-. The van der Waals surface area contributed by atoms with Crippen LogP contribution in [0.3, 0.4) is 0 Å². The number of nitrogens with two attached hydrogens (primary N) is 2. The van der Waals surface area contributed by atoms with E-state index in [1.54, 1.807) is 0 Å². The van der Waals surface area contributed by atoms with E-state index >= 15 is 0 Å². The maximum Gasteiger partial charge on any atom is 0.269 e. The second-order valence-electron chi connectivity index (χ2n) is 2.45. The number of guanidine groups is 1. The normalized spacial score (nSPS) is 8.53. The van der Waals surface area contributed by atoms with Crippen LogP contribution in [-0.4, -0.2) is 10.9 Å². The molecule has 0 aliphatic carbocycles. The van der Waals surface area contributed by atoms with Gasteiger partial charge in [0.1, 0.15) is 0 Å². The van der Waals surface area contributed by atoms with Gasteiger partial charge >= 0.3 is 0 Å². The Hall–Kier alpha value is -2.02. The van der Waals surface area contributed by atoms with Crippen LogP contribution in [0.4, 0.5) is 11.4 Å². The van der Waals surface area contributed by atoms with Gasteiger partial charge in [0.25, 0.3) is 5.69 Å². The number of hydrogen-bond donors (Lipinski definition) is 3. The molecule has 0 bridgehead atoms. The van der Waals surface area contributed by atoms with Crippen LogP contribution in [0.5, 0.6) is 0 Å². The molecule has 82 valence electrons. The maximum absolute atomic E-state index is 10.3. The third-order valence-corrected chi connectivity index (χ3v) is 1.39. The first-order valence-corrected chi connectivity index (χ1v) is 3.68. The molecule has 1 aromatic rings. The number of nitrogens with one attached hydrogen (secondary N) is 1. The monoisotopic (exact) mass is 230 g/mol. The van der Waals surface area contributed by atoms with Gasteiger partial charge in [-0.2, -0.15) is 0 Å². The predicted molar refractivity (Wildman–Crippen MR) is 52.5 cm³/mol. The highest BCUT2D eigenvalue weighted by molar-refractivity contribution is 5.76. The van der Waals surface area contributed by atoms with Gasteiger partial charge in [-0.15, -0.1) is 5.10 Å². The van der Waals surface area contributed by atoms with Crippen molar-refractivity contribution in [1.82, 2.24) is 0 Å². The molecule has 1 aromatic carbocycles. The first-order chi connectivity index (χ1) is 6.59. The molecule has 5 N–H and O–H groups in total. The van der Waals surface area contributed by atoms with Gasteiger partial charge in [-0.25, -0.2) is 0 Å². The number of nitro groups is 1. The minimum absolute atomic E-state index is 0. The largest absolute Gasteiger partial charge is 1.00 e. The van der Waals surface area contributed by atoms with Gasteiger partial charge in [0.2, 0.25) is 5.96 Å². The number of rotatable bonds is 3. The predicted octanol–water partition coefficient (Wildman–Crippen LogP) is -2.80. The van der Waals surface area contributed by atoms with E-state index in [1.165, 1.54) is 24.3 Å². The average molecular weight is 231 g/mol. The highest BCUT2D eigenvalue weighted by atomic mass is 35.5. The molecular weight excluding hydrogens is 222 g/mol. The topological polar surface area (TPSA) is 120 Å². The van der Waals surface area contributed by atoms with Crippen molar-refractivity contribution in [3.8, 4) is 0 Å². The van der Waals surface area contributed by atoms with E-state index in [9.17, 15) is 10.1 Å². The van der Waals surface area contributed by atoms with Crippen molar-refractivity contribution in [1.29, 1.82) is 0 Å². The van der Waals surface area contributed by atoms with E-state index in [4.69, 9.17) is 11.5 Å². The molecule has 0 amide bonds. The fourth-order valence-electron chi connectivity index (χ4n) is 0.787. The number of halogens is 1. The Labute approximate surface area is 91.7 Å². The number of benzene rings is 1. The summed E-state index contributed by atoms with van der Waals surface area (Å²) in [6.07, 6.45) is 0. The van der Waals surface area contributed by atoms with Gasteiger partial charge in [-0.05, 0) is 12.1 Å².